The van der Waals surface area contributed by atoms with E-state index in [1.807, 2.05) is 18.2 Å². The van der Waals surface area contributed by atoms with Crippen molar-refractivity contribution in [3.8, 4) is 11.5 Å². The average molecular weight is 429 g/mol. The van der Waals surface area contributed by atoms with Gasteiger partial charge in [-0.05, 0) is 17.7 Å². The van der Waals surface area contributed by atoms with Gasteiger partial charge in [-0.1, -0.05) is 12.7 Å². The molecule has 0 amide bonds. The molecule has 0 aliphatic carbocycles. The molecule has 0 radical (unpaired) electrons. The van der Waals surface area contributed by atoms with Gasteiger partial charge in [-0.3, -0.25) is 0 Å². The van der Waals surface area contributed by atoms with E-state index in [9.17, 15) is 0 Å². The summed E-state index contributed by atoms with van der Waals surface area (Å²) in [7, 11) is 3.29. The van der Waals surface area contributed by atoms with Crippen LogP contribution in [0.5, 0.6) is 11.5 Å². The molecular formula is C22H36O8. The highest BCUT2D eigenvalue weighted by atomic mass is 16.6. The van der Waals surface area contributed by atoms with Crippen LogP contribution in [0.15, 0.2) is 24.8 Å². The van der Waals surface area contributed by atoms with Crippen molar-refractivity contribution in [2.24, 2.45) is 0 Å². The summed E-state index contributed by atoms with van der Waals surface area (Å²) in [6, 6.07) is 5.65. The van der Waals surface area contributed by atoms with Crippen molar-refractivity contribution < 1.29 is 37.9 Å². The maximum atomic E-state index is 5.75. The van der Waals surface area contributed by atoms with E-state index in [2.05, 4.69) is 6.58 Å². The summed E-state index contributed by atoms with van der Waals surface area (Å²) in [6.45, 7) is 10.1. The summed E-state index contributed by atoms with van der Waals surface area (Å²) in [5, 5.41) is 0. The molecule has 1 aromatic rings. The van der Waals surface area contributed by atoms with Crippen molar-refractivity contribution in [1.82, 2.24) is 0 Å². The van der Waals surface area contributed by atoms with E-state index in [0.717, 1.165) is 5.56 Å². The summed E-state index contributed by atoms with van der Waals surface area (Å²) in [6.07, 6.45) is 1.75. The predicted octanol–water partition coefficient (Wildman–Crippen LogP) is 2.45. The Morgan fingerprint density at radius 2 is 0.933 bits per heavy atom. The number of methoxy groups -OCH3 is 2. The van der Waals surface area contributed by atoms with Crippen LogP contribution in [0.4, 0.5) is 0 Å². The normalized spacial score (nSPS) is 10.9. The SMILES string of the molecule is C=Cc1cc(OCCOCCOCCOC)cc(OCCOCCOCCOC)c1. The third kappa shape index (κ3) is 14.3. The molecule has 1 aromatic carbocycles. The number of hydrogen-bond donors (Lipinski definition) is 0. The van der Waals surface area contributed by atoms with Gasteiger partial charge in [0.2, 0.25) is 0 Å². The maximum Gasteiger partial charge on any atom is 0.123 e. The quantitative estimate of drug-likeness (QED) is 0.277. The van der Waals surface area contributed by atoms with Gasteiger partial charge in [0.05, 0.1) is 66.1 Å². The Labute approximate surface area is 179 Å². The zero-order valence-electron chi connectivity index (χ0n) is 18.3. The highest BCUT2D eigenvalue weighted by molar-refractivity contribution is 5.53. The second-order valence-corrected chi connectivity index (χ2v) is 6.07. The van der Waals surface area contributed by atoms with Crippen molar-refractivity contribution in [3.05, 3.63) is 30.3 Å². The second-order valence-electron chi connectivity index (χ2n) is 6.07. The molecule has 0 saturated heterocycles. The zero-order valence-corrected chi connectivity index (χ0v) is 18.3. The molecule has 0 bridgehead atoms. The molecule has 8 heteroatoms. The molecule has 1 rings (SSSR count). The Bertz CT molecular complexity index is 498. The van der Waals surface area contributed by atoms with Gasteiger partial charge >= 0.3 is 0 Å². The van der Waals surface area contributed by atoms with Crippen LogP contribution in [0.3, 0.4) is 0 Å². The molecule has 0 unspecified atom stereocenters. The molecule has 0 spiro atoms. The van der Waals surface area contributed by atoms with E-state index in [-0.39, 0.29) is 0 Å². The fraction of sp³-hybridized carbons (Fsp3) is 0.636. The molecule has 172 valence electrons. The lowest BCUT2D eigenvalue weighted by molar-refractivity contribution is 0.0174. The minimum atomic E-state index is 0.435. The van der Waals surface area contributed by atoms with Crippen LogP contribution in [0.1, 0.15) is 5.56 Å². The van der Waals surface area contributed by atoms with E-state index in [4.69, 9.17) is 37.9 Å². The summed E-state index contributed by atoms with van der Waals surface area (Å²) in [5.41, 5.74) is 0.919. The lowest BCUT2D eigenvalue weighted by atomic mass is 10.2. The zero-order chi connectivity index (χ0) is 21.7. The van der Waals surface area contributed by atoms with Crippen LogP contribution in [0.25, 0.3) is 6.08 Å². The first-order valence-corrected chi connectivity index (χ1v) is 10.1. The van der Waals surface area contributed by atoms with Crippen molar-refractivity contribution >= 4 is 6.08 Å². The van der Waals surface area contributed by atoms with E-state index < -0.39 is 0 Å². The topological polar surface area (TPSA) is 73.8 Å². The van der Waals surface area contributed by atoms with Crippen LogP contribution in [-0.4, -0.2) is 93.5 Å². The van der Waals surface area contributed by atoms with Crippen LogP contribution >= 0.6 is 0 Å². The van der Waals surface area contributed by atoms with Crippen LogP contribution in [0, 0.1) is 0 Å². The smallest absolute Gasteiger partial charge is 0.123 e. The summed E-state index contributed by atoms with van der Waals surface area (Å²) in [5.74, 6) is 1.41. The minimum Gasteiger partial charge on any atom is -0.491 e. The average Bonchev–Trinajstić information content (AvgIpc) is 2.76. The molecule has 8 nitrogen and oxygen atoms in total. The minimum absolute atomic E-state index is 0.435. The van der Waals surface area contributed by atoms with Crippen molar-refractivity contribution in [2.75, 3.05) is 93.5 Å². The Morgan fingerprint density at radius 3 is 1.30 bits per heavy atom. The molecular weight excluding hydrogens is 392 g/mol. The fourth-order valence-electron chi connectivity index (χ4n) is 2.24. The van der Waals surface area contributed by atoms with Gasteiger partial charge in [-0.25, -0.2) is 0 Å². The molecule has 0 fully saturated rings. The molecule has 0 aliphatic heterocycles. The monoisotopic (exact) mass is 428 g/mol. The first kappa shape index (κ1) is 26.4. The Hall–Kier alpha value is -1.68. The summed E-state index contributed by atoms with van der Waals surface area (Å²) in [4.78, 5) is 0. The molecule has 0 aromatic heterocycles. The highest BCUT2D eigenvalue weighted by Gasteiger charge is 2.03. The third-order valence-electron chi connectivity index (χ3n) is 3.74. The van der Waals surface area contributed by atoms with Crippen LogP contribution in [-0.2, 0) is 28.4 Å². The number of benzene rings is 1. The Morgan fingerprint density at radius 1 is 0.567 bits per heavy atom. The van der Waals surface area contributed by atoms with E-state index >= 15 is 0 Å². The molecule has 0 N–H and O–H groups in total. The number of ether oxygens (including phenoxy) is 8. The van der Waals surface area contributed by atoms with Gasteiger partial charge in [0.1, 0.15) is 24.7 Å². The first-order chi connectivity index (χ1) is 14.8. The maximum absolute atomic E-state index is 5.75. The molecule has 0 atom stereocenters. The standard InChI is InChI=1S/C22H36O8/c1-4-20-17-21(29-15-13-27-11-9-25-7-5-23-2)19-22(18-20)30-16-14-28-12-10-26-8-6-24-3/h4,17-19H,1,5-16H2,2-3H3. The van der Waals surface area contributed by atoms with E-state index in [1.54, 1.807) is 20.3 Å². The lowest BCUT2D eigenvalue weighted by Crippen LogP contribution is -2.13. The van der Waals surface area contributed by atoms with Gasteiger partial charge in [0.25, 0.3) is 0 Å². The summed E-state index contributed by atoms with van der Waals surface area (Å²) >= 11 is 0. The number of rotatable bonds is 21. The van der Waals surface area contributed by atoms with E-state index in [0.29, 0.717) is 90.8 Å². The van der Waals surface area contributed by atoms with Gasteiger partial charge in [-0.2, -0.15) is 0 Å². The Kier molecular flexibility index (Phi) is 16.9. The largest absolute Gasteiger partial charge is 0.491 e. The van der Waals surface area contributed by atoms with Crippen molar-refractivity contribution in [1.29, 1.82) is 0 Å². The summed E-state index contributed by atoms with van der Waals surface area (Å²) < 4.78 is 42.9. The molecule has 0 aliphatic rings. The fourth-order valence-corrected chi connectivity index (χ4v) is 2.24. The predicted molar refractivity (Wildman–Crippen MR) is 115 cm³/mol. The van der Waals surface area contributed by atoms with Crippen LogP contribution < -0.4 is 9.47 Å². The van der Waals surface area contributed by atoms with Gasteiger partial charge in [0.15, 0.2) is 0 Å². The van der Waals surface area contributed by atoms with Crippen LogP contribution in [0.2, 0.25) is 0 Å². The molecule has 0 saturated carbocycles. The van der Waals surface area contributed by atoms with E-state index in [1.165, 1.54) is 0 Å². The highest BCUT2D eigenvalue weighted by Crippen LogP contribution is 2.23. The van der Waals surface area contributed by atoms with Gasteiger partial charge in [0, 0.05) is 20.3 Å². The second kappa shape index (κ2) is 19.3. The molecule has 0 heterocycles. The Balaban J connectivity index is 2.18. The van der Waals surface area contributed by atoms with Crippen molar-refractivity contribution in [2.45, 2.75) is 0 Å². The number of hydrogen-bond acceptors (Lipinski definition) is 8. The molecule has 30 heavy (non-hydrogen) atoms. The van der Waals surface area contributed by atoms with Gasteiger partial charge in [-0.15, -0.1) is 0 Å². The third-order valence-corrected chi connectivity index (χ3v) is 3.74. The lowest BCUT2D eigenvalue weighted by Gasteiger charge is -2.12. The first-order valence-electron chi connectivity index (χ1n) is 10.1. The van der Waals surface area contributed by atoms with Crippen molar-refractivity contribution in [3.63, 3.8) is 0 Å². The van der Waals surface area contributed by atoms with Gasteiger partial charge < -0.3 is 37.9 Å².